The zero-order chi connectivity index (χ0) is 47.9. The zero-order valence-corrected chi connectivity index (χ0v) is 38.6. The van der Waals surface area contributed by atoms with Crippen LogP contribution < -0.4 is 5.32 Å². The molecule has 4 aliphatic rings. The maximum Gasteiger partial charge on any atom is 0.408 e. The second kappa shape index (κ2) is 18.6. The Morgan fingerprint density at radius 1 is 0.938 bits per heavy atom. The van der Waals surface area contributed by atoms with Crippen molar-refractivity contribution in [2.24, 2.45) is 16.7 Å². The molecule has 2 aromatic carbocycles. The lowest BCUT2D eigenvalue weighted by Crippen LogP contribution is -2.81. The van der Waals surface area contributed by atoms with E-state index in [0.717, 1.165) is 13.3 Å². The van der Waals surface area contributed by atoms with Crippen molar-refractivity contribution in [1.29, 1.82) is 0 Å². The molecule has 0 radical (unpaired) electrons. The number of ether oxygens (including phenoxy) is 6. The van der Waals surface area contributed by atoms with Crippen molar-refractivity contribution in [3.63, 3.8) is 0 Å². The summed E-state index contributed by atoms with van der Waals surface area (Å²) in [4.78, 5) is 84.3. The first kappa shape index (κ1) is 49.3. The Kier molecular flexibility index (Phi) is 14.1. The fourth-order valence-electron chi connectivity index (χ4n) is 10.4. The number of ketones is 1. The van der Waals surface area contributed by atoms with E-state index in [1.54, 1.807) is 83.1 Å². The van der Waals surface area contributed by atoms with Crippen LogP contribution in [0.1, 0.15) is 123 Å². The molecule has 6 rings (SSSR count). The third kappa shape index (κ3) is 9.19. The molecule has 65 heavy (non-hydrogen) atoms. The predicted molar refractivity (Wildman–Crippen MR) is 232 cm³/mol. The minimum Gasteiger partial charge on any atom is -0.455 e. The van der Waals surface area contributed by atoms with Gasteiger partial charge in [-0.15, -0.1) is 0 Å². The summed E-state index contributed by atoms with van der Waals surface area (Å²) in [6.07, 6.45) is -9.58. The van der Waals surface area contributed by atoms with Gasteiger partial charge in [-0.3, -0.25) is 14.4 Å². The Balaban J connectivity index is 1.52. The molecule has 2 bridgehead atoms. The molecule has 1 aliphatic heterocycles. The Labute approximate surface area is 379 Å². The SMILES string of the molecule is CCCCCC(=O)O[C@@H](C(=O)O[C@H]1C[C@@]2(O)[C@@H](OC(=O)c3ccccc3)C3[C@](C)(C(=O)[C@H](O)C(=C1C)C2(C)C)[C@@H](O)C[C@H]1OC[C@@]31OC(C)=O)[C@@H](NC(=O)OC(C)(C)C)c1ccccc1. The third-order valence-corrected chi connectivity index (χ3v) is 13.8. The Morgan fingerprint density at radius 2 is 1.57 bits per heavy atom. The number of Topliss-reactive ketones (excluding diaryl/α,β-unsaturated/α-hetero) is 1. The predicted octanol–water partition coefficient (Wildman–Crippen LogP) is 5.39. The number of amides is 1. The molecule has 16 heteroatoms. The molecule has 1 heterocycles. The molecule has 3 aliphatic carbocycles. The van der Waals surface area contributed by atoms with Gasteiger partial charge in [-0.1, -0.05) is 82.1 Å². The highest BCUT2D eigenvalue weighted by Gasteiger charge is 2.78. The van der Waals surface area contributed by atoms with Gasteiger partial charge < -0.3 is 49.1 Å². The summed E-state index contributed by atoms with van der Waals surface area (Å²) >= 11 is 0. The number of nitrogens with one attached hydrogen (secondary N) is 1. The normalized spacial score (nSPS) is 31.2. The summed E-state index contributed by atoms with van der Waals surface area (Å²) in [5.41, 5.74) is -8.32. The van der Waals surface area contributed by atoms with Crippen molar-refractivity contribution >= 4 is 35.8 Å². The average Bonchev–Trinajstić information content (AvgIpc) is 3.23. The molecule has 354 valence electrons. The number of aliphatic hydroxyl groups is 3. The van der Waals surface area contributed by atoms with Gasteiger partial charge in [-0.05, 0) is 69.9 Å². The molecule has 2 saturated carbocycles. The van der Waals surface area contributed by atoms with Crippen molar-refractivity contribution in [2.45, 2.75) is 160 Å². The summed E-state index contributed by atoms with van der Waals surface area (Å²) in [5.74, 6) is -6.10. The number of hydrogen-bond acceptors (Lipinski definition) is 15. The molecule has 0 aromatic heterocycles. The van der Waals surface area contributed by atoms with Crippen LogP contribution in [-0.2, 0) is 47.6 Å². The van der Waals surface area contributed by atoms with Gasteiger partial charge in [-0.25, -0.2) is 14.4 Å². The number of benzene rings is 2. The smallest absolute Gasteiger partial charge is 0.408 e. The fraction of sp³-hybridized carbons (Fsp3) is 0.592. The van der Waals surface area contributed by atoms with Crippen LogP contribution in [0.25, 0.3) is 0 Å². The zero-order valence-electron chi connectivity index (χ0n) is 38.6. The van der Waals surface area contributed by atoms with Gasteiger partial charge in [0.2, 0.25) is 6.10 Å². The van der Waals surface area contributed by atoms with Crippen LogP contribution in [-0.4, -0.2) is 111 Å². The molecular weight excluding hydrogens is 843 g/mol. The van der Waals surface area contributed by atoms with Gasteiger partial charge in [-0.2, -0.15) is 0 Å². The second-order valence-corrected chi connectivity index (χ2v) is 19.5. The van der Waals surface area contributed by atoms with Crippen LogP contribution in [0.3, 0.4) is 0 Å². The molecular formula is C49H63NO15. The van der Waals surface area contributed by atoms with Gasteiger partial charge >= 0.3 is 30.0 Å². The van der Waals surface area contributed by atoms with E-state index in [1.165, 1.54) is 26.0 Å². The molecule has 3 fully saturated rings. The van der Waals surface area contributed by atoms with Crippen LogP contribution in [0.4, 0.5) is 4.79 Å². The molecule has 1 unspecified atom stereocenters. The van der Waals surface area contributed by atoms with Crippen molar-refractivity contribution in [1.82, 2.24) is 5.32 Å². The van der Waals surface area contributed by atoms with E-state index in [1.807, 2.05) is 6.92 Å². The average molecular weight is 906 g/mol. The fourth-order valence-corrected chi connectivity index (χ4v) is 10.4. The molecule has 2 aromatic rings. The highest BCUT2D eigenvalue weighted by molar-refractivity contribution is 5.94. The lowest BCUT2D eigenvalue weighted by Gasteiger charge is -2.67. The van der Waals surface area contributed by atoms with Gasteiger partial charge in [0.1, 0.15) is 41.7 Å². The summed E-state index contributed by atoms with van der Waals surface area (Å²) in [7, 11) is 0. The van der Waals surface area contributed by atoms with E-state index >= 15 is 4.79 Å². The van der Waals surface area contributed by atoms with Crippen molar-refractivity contribution in [2.75, 3.05) is 6.61 Å². The number of carbonyl (C=O) groups excluding carboxylic acids is 6. The minimum atomic E-state index is -2.39. The van der Waals surface area contributed by atoms with Crippen LogP contribution >= 0.6 is 0 Å². The highest BCUT2D eigenvalue weighted by atomic mass is 16.6. The highest BCUT2D eigenvalue weighted by Crippen LogP contribution is 2.64. The van der Waals surface area contributed by atoms with Crippen molar-refractivity contribution in [3.8, 4) is 0 Å². The first-order valence-corrected chi connectivity index (χ1v) is 22.3. The molecule has 11 atom stereocenters. The molecule has 1 saturated heterocycles. The molecule has 16 nitrogen and oxygen atoms in total. The Bertz CT molecular complexity index is 2170. The van der Waals surface area contributed by atoms with E-state index in [-0.39, 0.29) is 36.2 Å². The van der Waals surface area contributed by atoms with E-state index in [4.69, 9.17) is 28.4 Å². The van der Waals surface area contributed by atoms with Crippen LogP contribution in [0.2, 0.25) is 0 Å². The van der Waals surface area contributed by atoms with E-state index in [0.29, 0.717) is 18.4 Å². The quantitative estimate of drug-likeness (QED) is 0.0855. The number of hydrogen-bond donors (Lipinski definition) is 4. The lowest BCUT2D eigenvalue weighted by molar-refractivity contribution is -0.346. The first-order valence-electron chi connectivity index (χ1n) is 22.3. The van der Waals surface area contributed by atoms with Crippen LogP contribution in [0.15, 0.2) is 71.8 Å². The lowest BCUT2D eigenvalue weighted by atomic mass is 9.44. The minimum absolute atomic E-state index is 0.0599. The van der Waals surface area contributed by atoms with Crippen LogP contribution in [0.5, 0.6) is 0 Å². The molecule has 0 spiro atoms. The number of rotatable bonds is 13. The second-order valence-electron chi connectivity index (χ2n) is 19.5. The number of unbranched alkanes of at least 4 members (excludes halogenated alkanes) is 2. The number of esters is 4. The number of fused-ring (bicyclic) bond motifs is 5. The largest absolute Gasteiger partial charge is 0.455 e. The monoisotopic (exact) mass is 905 g/mol. The van der Waals surface area contributed by atoms with E-state index in [9.17, 15) is 39.3 Å². The number of alkyl carbamates (subject to hydrolysis) is 1. The van der Waals surface area contributed by atoms with Gasteiger partial charge in [0.15, 0.2) is 11.4 Å². The third-order valence-electron chi connectivity index (χ3n) is 13.8. The van der Waals surface area contributed by atoms with Gasteiger partial charge in [0.05, 0.1) is 29.6 Å². The maximum atomic E-state index is 15.2. The number of aliphatic hydroxyl groups excluding tert-OH is 2. The maximum absolute atomic E-state index is 15.2. The van der Waals surface area contributed by atoms with Crippen LogP contribution in [0, 0.1) is 16.7 Å². The first-order chi connectivity index (χ1) is 30.4. The van der Waals surface area contributed by atoms with Gasteiger partial charge in [0.25, 0.3) is 0 Å². The topological polar surface area (TPSA) is 231 Å². The number of carbonyl (C=O) groups is 6. The summed E-state index contributed by atoms with van der Waals surface area (Å²) in [6.45, 7) is 13.8. The van der Waals surface area contributed by atoms with Gasteiger partial charge in [0, 0.05) is 31.6 Å². The Morgan fingerprint density at radius 3 is 2.14 bits per heavy atom. The van der Waals surface area contributed by atoms with E-state index < -0.39 is 118 Å². The summed E-state index contributed by atoms with van der Waals surface area (Å²) in [6, 6.07) is 14.8. The molecule has 4 N–H and O–H groups in total. The van der Waals surface area contributed by atoms with E-state index in [2.05, 4.69) is 5.32 Å². The summed E-state index contributed by atoms with van der Waals surface area (Å²) < 4.78 is 36.1. The van der Waals surface area contributed by atoms with Crippen molar-refractivity contribution < 1.29 is 72.5 Å². The Hall–Kier alpha value is -5.16. The summed E-state index contributed by atoms with van der Waals surface area (Å²) in [5, 5.41) is 40.7. The van der Waals surface area contributed by atoms with Crippen molar-refractivity contribution in [3.05, 3.63) is 82.9 Å². The standard InChI is InChI=1S/C49H63NO15/c1-10-11-14-23-34(53)62-38(36(29-19-15-12-16-20-29)50-44(58)65-45(4,5)6)43(57)61-31-25-49(59)41(63-42(56)30-21-17-13-18-22-30)39-47(9,40(55)37(54)35(27(31)2)46(49,7)8)32(52)24-33-48(39,26-60-33)64-28(3)51/h12-13,15-22,31-33,36-39,41,52,54,59H,10-11,14,23-26H2,1-9H3,(H,50,58)/t31-,32-,33+,36-,37+,38+,39?,41-,47+,48-,49+/m0/s1. The molecule has 1 amide bonds.